The quantitative estimate of drug-likeness (QED) is 0.312. The van der Waals surface area contributed by atoms with Gasteiger partial charge in [-0.15, -0.1) is 0 Å². The largest absolute Gasteiger partial charge is 0.464 e. The third kappa shape index (κ3) is 12.9. The average molecular weight is 210 g/mol. The Morgan fingerprint density at radius 2 is 1.53 bits per heavy atom. The summed E-state index contributed by atoms with van der Waals surface area (Å²) in [5, 5.41) is 0. The Balaban J connectivity index is 3.13. The zero-order valence-corrected chi connectivity index (χ0v) is 9.65. The first-order valence-electron chi connectivity index (χ1n) is 5.77. The molecule has 0 aliphatic carbocycles. The number of rotatable bonds is 10. The topological polar surface area (TPSA) is 26.3 Å². The minimum absolute atomic E-state index is 0.399. The third-order valence-electron chi connectivity index (χ3n) is 2.06. The maximum atomic E-state index is 9.80. The number of hydrogen-bond acceptors (Lipinski definition) is 2. The predicted molar refractivity (Wildman–Crippen MR) is 63.7 cm³/mol. The van der Waals surface area contributed by atoms with Crippen LogP contribution in [0.3, 0.4) is 0 Å². The normalized spacial score (nSPS) is 11.3. The van der Waals surface area contributed by atoms with E-state index in [4.69, 9.17) is 0 Å². The molecule has 0 bridgehead atoms. The standard InChI is InChI=1S/C13H22O2/c1-2-3-4-5-6-7-8-9-10-11-12-15-13-14/h5-6,10-11,13H,2-4,7-9,12H2,1H3/b6-5+,11-10+. The van der Waals surface area contributed by atoms with E-state index in [9.17, 15) is 4.79 Å². The average Bonchev–Trinajstić information content (AvgIpc) is 2.26. The van der Waals surface area contributed by atoms with Gasteiger partial charge in [-0.3, -0.25) is 4.79 Å². The van der Waals surface area contributed by atoms with Gasteiger partial charge in [-0.05, 0) is 25.7 Å². The highest BCUT2D eigenvalue weighted by Crippen LogP contribution is 2.01. The van der Waals surface area contributed by atoms with Crippen LogP contribution in [0, 0.1) is 0 Å². The summed E-state index contributed by atoms with van der Waals surface area (Å²) in [6.45, 7) is 3.08. The Morgan fingerprint density at radius 3 is 2.13 bits per heavy atom. The van der Waals surface area contributed by atoms with Gasteiger partial charge in [-0.25, -0.2) is 0 Å². The first kappa shape index (κ1) is 13.9. The third-order valence-corrected chi connectivity index (χ3v) is 2.06. The minimum atomic E-state index is 0.399. The van der Waals surface area contributed by atoms with E-state index >= 15 is 0 Å². The van der Waals surface area contributed by atoms with Gasteiger partial charge in [0.05, 0.1) is 0 Å². The molecule has 0 N–H and O–H groups in total. The van der Waals surface area contributed by atoms with E-state index in [1.165, 1.54) is 25.7 Å². The molecule has 0 aromatic heterocycles. The fraction of sp³-hybridized carbons (Fsp3) is 0.615. The van der Waals surface area contributed by atoms with Crippen molar-refractivity contribution in [1.29, 1.82) is 0 Å². The Labute approximate surface area is 93.0 Å². The van der Waals surface area contributed by atoms with E-state index in [1.807, 2.05) is 6.08 Å². The second-order valence-electron chi connectivity index (χ2n) is 3.45. The monoisotopic (exact) mass is 210 g/mol. The molecule has 2 nitrogen and oxygen atoms in total. The molecule has 0 saturated carbocycles. The fourth-order valence-electron chi connectivity index (χ4n) is 1.19. The van der Waals surface area contributed by atoms with Crippen molar-refractivity contribution in [2.75, 3.05) is 6.61 Å². The maximum Gasteiger partial charge on any atom is 0.293 e. The lowest BCUT2D eigenvalue weighted by molar-refractivity contribution is -0.127. The fourth-order valence-corrected chi connectivity index (χ4v) is 1.19. The molecule has 0 aromatic rings. The maximum absolute atomic E-state index is 9.80. The summed E-state index contributed by atoms with van der Waals surface area (Å²) in [6, 6.07) is 0. The summed E-state index contributed by atoms with van der Waals surface area (Å²) in [6.07, 6.45) is 15.6. The van der Waals surface area contributed by atoms with Crippen molar-refractivity contribution >= 4 is 6.47 Å². The van der Waals surface area contributed by atoms with E-state index in [0.29, 0.717) is 13.1 Å². The van der Waals surface area contributed by atoms with Gasteiger partial charge in [-0.2, -0.15) is 0 Å². The second-order valence-corrected chi connectivity index (χ2v) is 3.45. The van der Waals surface area contributed by atoms with Crippen molar-refractivity contribution in [3.05, 3.63) is 24.3 Å². The molecule has 0 atom stereocenters. The van der Waals surface area contributed by atoms with Crippen molar-refractivity contribution in [1.82, 2.24) is 0 Å². The second kappa shape index (κ2) is 12.9. The number of unbranched alkanes of at least 4 members (excludes halogenated alkanes) is 4. The molecule has 0 rings (SSSR count). The first-order valence-corrected chi connectivity index (χ1v) is 5.77. The van der Waals surface area contributed by atoms with Gasteiger partial charge in [0.15, 0.2) is 0 Å². The Bertz CT molecular complexity index is 183. The van der Waals surface area contributed by atoms with Crippen LogP contribution < -0.4 is 0 Å². The summed E-state index contributed by atoms with van der Waals surface area (Å²) < 4.78 is 4.52. The van der Waals surface area contributed by atoms with Gasteiger partial charge < -0.3 is 4.74 Å². The summed E-state index contributed by atoms with van der Waals surface area (Å²) in [4.78, 5) is 9.80. The molecule has 15 heavy (non-hydrogen) atoms. The molecule has 0 amide bonds. The number of hydrogen-bond donors (Lipinski definition) is 0. The molecule has 0 spiro atoms. The number of allylic oxidation sites excluding steroid dienone is 3. The highest BCUT2D eigenvalue weighted by molar-refractivity contribution is 5.37. The molecular weight excluding hydrogens is 188 g/mol. The highest BCUT2D eigenvalue weighted by atomic mass is 16.5. The highest BCUT2D eigenvalue weighted by Gasteiger charge is 1.82. The minimum Gasteiger partial charge on any atom is -0.464 e. The van der Waals surface area contributed by atoms with Crippen LogP contribution in [0.5, 0.6) is 0 Å². The molecule has 0 aliphatic heterocycles. The SMILES string of the molecule is CCCC/C=C/CCC/C=C/COC=O. The van der Waals surface area contributed by atoms with Gasteiger partial charge >= 0.3 is 0 Å². The van der Waals surface area contributed by atoms with E-state index in [1.54, 1.807) is 0 Å². The predicted octanol–water partition coefficient (Wildman–Crippen LogP) is 3.63. The lowest BCUT2D eigenvalue weighted by Gasteiger charge is -1.92. The van der Waals surface area contributed by atoms with Crippen LogP contribution in [0.1, 0.15) is 45.4 Å². The molecule has 0 aliphatic rings. The summed E-state index contributed by atoms with van der Waals surface area (Å²) in [5.74, 6) is 0. The molecule has 0 heterocycles. The first-order chi connectivity index (χ1) is 7.41. The molecule has 0 aromatic carbocycles. The summed E-state index contributed by atoms with van der Waals surface area (Å²) in [7, 11) is 0. The van der Waals surface area contributed by atoms with Crippen LogP contribution in [0.2, 0.25) is 0 Å². The summed E-state index contributed by atoms with van der Waals surface area (Å²) in [5.41, 5.74) is 0. The Kier molecular flexibility index (Phi) is 12.0. The Morgan fingerprint density at radius 1 is 0.933 bits per heavy atom. The lowest BCUT2D eigenvalue weighted by atomic mass is 10.2. The summed E-state index contributed by atoms with van der Waals surface area (Å²) >= 11 is 0. The van der Waals surface area contributed by atoms with Gasteiger partial charge in [-0.1, -0.05) is 44.1 Å². The van der Waals surface area contributed by atoms with E-state index in [2.05, 4.69) is 29.9 Å². The molecule has 0 unspecified atom stereocenters. The smallest absolute Gasteiger partial charge is 0.293 e. The Hall–Kier alpha value is -1.05. The van der Waals surface area contributed by atoms with Crippen molar-refractivity contribution in [2.24, 2.45) is 0 Å². The van der Waals surface area contributed by atoms with Crippen LogP contribution in [-0.2, 0) is 9.53 Å². The lowest BCUT2D eigenvalue weighted by Crippen LogP contribution is -1.85. The van der Waals surface area contributed by atoms with Crippen molar-refractivity contribution in [3.63, 3.8) is 0 Å². The molecular formula is C13H22O2. The number of carbonyl (C=O) groups is 1. The molecule has 86 valence electrons. The van der Waals surface area contributed by atoms with Crippen LogP contribution >= 0.6 is 0 Å². The molecule has 0 fully saturated rings. The zero-order chi connectivity index (χ0) is 11.2. The van der Waals surface area contributed by atoms with Crippen molar-refractivity contribution in [3.8, 4) is 0 Å². The van der Waals surface area contributed by atoms with Crippen LogP contribution in [0.15, 0.2) is 24.3 Å². The van der Waals surface area contributed by atoms with Crippen molar-refractivity contribution in [2.45, 2.75) is 45.4 Å². The van der Waals surface area contributed by atoms with Gasteiger partial charge in [0, 0.05) is 0 Å². The van der Waals surface area contributed by atoms with Crippen LogP contribution in [0.25, 0.3) is 0 Å². The molecule has 0 saturated heterocycles. The van der Waals surface area contributed by atoms with Gasteiger partial charge in [0.2, 0.25) is 0 Å². The number of ether oxygens (including phenoxy) is 1. The molecule has 0 radical (unpaired) electrons. The van der Waals surface area contributed by atoms with Gasteiger partial charge in [0.25, 0.3) is 6.47 Å². The zero-order valence-electron chi connectivity index (χ0n) is 9.65. The van der Waals surface area contributed by atoms with Crippen molar-refractivity contribution < 1.29 is 9.53 Å². The number of carbonyl (C=O) groups excluding carboxylic acids is 1. The van der Waals surface area contributed by atoms with Crippen LogP contribution in [0.4, 0.5) is 0 Å². The van der Waals surface area contributed by atoms with Crippen LogP contribution in [-0.4, -0.2) is 13.1 Å². The van der Waals surface area contributed by atoms with E-state index in [-0.39, 0.29) is 0 Å². The van der Waals surface area contributed by atoms with E-state index in [0.717, 1.165) is 12.8 Å². The molecule has 2 heteroatoms. The van der Waals surface area contributed by atoms with E-state index < -0.39 is 0 Å². The van der Waals surface area contributed by atoms with Gasteiger partial charge in [0.1, 0.15) is 6.61 Å².